The molecule has 0 aromatic carbocycles. The summed E-state index contributed by atoms with van der Waals surface area (Å²) >= 11 is 0. The monoisotopic (exact) mass is 309 g/mol. The van der Waals surface area contributed by atoms with E-state index in [1.807, 2.05) is 0 Å². The predicted octanol–water partition coefficient (Wildman–Crippen LogP) is 5.87. The molecule has 1 nitrogen and oxygen atoms in total. The molecule has 0 heterocycles. The highest BCUT2D eigenvalue weighted by Gasteiger charge is 2.81. The van der Waals surface area contributed by atoms with Crippen LogP contribution in [0.3, 0.4) is 0 Å². The van der Waals surface area contributed by atoms with E-state index in [9.17, 15) is 5.26 Å². The van der Waals surface area contributed by atoms with Gasteiger partial charge in [-0.1, -0.05) is 38.8 Å². The van der Waals surface area contributed by atoms with Gasteiger partial charge in [-0.25, -0.2) is 0 Å². The highest BCUT2D eigenvalue weighted by Crippen LogP contribution is 2.88. The Morgan fingerprint density at radius 1 is 0.957 bits per heavy atom. The van der Waals surface area contributed by atoms with Crippen molar-refractivity contribution in [1.82, 2.24) is 0 Å². The molecule has 0 amide bonds. The number of hydrogen-bond acceptors (Lipinski definition) is 1. The smallest absolute Gasteiger partial charge is 0.0665 e. The van der Waals surface area contributed by atoms with Crippen LogP contribution in [0.1, 0.15) is 78.6 Å². The molecule has 1 spiro atoms. The second-order valence-corrected chi connectivity index (χ2v) is 10.2. The lowest BCUT2D eigenvalue weighted by Crippen LogP contribution is -2.52. The van der Waals surface area contributed by atoms with Crippen molar-refractivity contribution in [1.29, 1.82) is 5.26 Å². The molecule has 0 aliphatic heterocycles. The van der Waals surface area contributed by atoms with Gasteiger partial charge in [0.05, 0.1) is 12.0 Å². The predicted molar refractivity (Wildman–Crippen MR) is 92.5 cm³/mol. The maximum atomic E-state index is 9.74. The van der Waals surface area contributed by atoms with E-state index in [4.69, 9.17) is 0 Å². The van der Waals surface area contributed by atoms with Gasteiger partial charge < -0.3 is 0 Å². The minimum atomic E-state index is 0.170. The molecule has 7 atom stereocenters. The molecule has 0 saturated heterocycles. The zero-order valence-corrected chi connectivity index (χ0v) is 15.1. The molecule has 5 rings (SSSR count). The number of hydrogen-bond donors (Lipinski definition) is 0. The first-order valence-electron chi connectivity index (χ1n) is 10.0. The van der Waals surface area contributed by atoms with E-state index < -0.39 is 0 Å². The van der Waals surface area contributed by atoms with Gasteiger partial charge in [-0.05, 0) is 79.4 Å². The normalized spacial score (nSPS) is 59.7. The van der Waals surface area contributed by atoms with Gasteiger partial charge in [-0.3, -0.25) is 0 Å². The van der Waals surface area contributed by atoms with E-state index in [1.54, 1.807) is 5.57 Å². The highest BCUT2D eigenvalue weighted by atomic mass is 14.8. The molecule has 0 aromatic rings. The van der Waals surface area contributed by atoms with E-state index in [2.05, 4.69) is 32.9 Å². The molecule has 0 bridgehead atoms. The van der Waals surface area contributed by atoms with Crippen molar-refractivity contribution in [2.45, 2.75) is 78.6 Å². The van der Waals surface area contributed by atoms with Crippen molar-refractivity contribution in [3.63, 3.8) is 0 Å². The molecule has 0 N–H and O–H groups in total. The topological polar surface area (TPSA) is 23.8 Å². The van der Waals surface area contributed by atoms with Crippen LogP contribution in [-0.2, 0) is 0 Å². The van der Waals surface area contributed by atoms with E-state index in [1.165, 1.54) is 44.9 Å². The van der Waals surface area contributed by atoms with Crippen molar-refractivity contribution in [2.24, 2.45) is 39.4 Å². The fourth-order valence-corrected chi connectivity index (χ4v) is 8.94. The molecule has 5 aliphatic rings. The third kappa shape index (κ3) is 1.35. The zero-order chi connectivity index (χ0) is 16.1. The van der Waals surface area contributed by atoms with Crippen molar-refractivity contribution < 1.29 is 0 Å². The summed E-state index contributed by atoms with van der Waals surface area (Å²) in [7, 11) is 0. The van der Waals surface area contributed by atoms with Gasteiger partial charge >= 0.3 is 0 Å². The van der Waals surface area contributed by atoms with Crippen LogP contribution < -0.4 is 0 Å². The molecule has 4 saturated carbocycles. The lowest BCUT2D eigenvalue weighted by Gasteiger charge is -2.60. The van der Waals surface area contributed by atoms with Crippen LogP contribution in [-0.4, -0.2) is 0 Å². The summed E-state index contributed by atoms with van der Waals surface area (Å²) in [5.41, 5.74) is 3.62. The van der Waals surface area contributed by atoms with Crippen molar-refractivity contribution >= 4 is 0 Å². The first-order chi connectivity index (χ1) is 10.9. The summed E-state index contributed by atoms with van der Waals surface area (Å²) in [4.78, 5) is 0. The van der Waals surface area contributed by atoms with Crippen LogP contribution in [0.5, 0.6) is 0 Å². The molecule has 0 aromatic heterocycles. The van der Waals surface area contributed by atoms with Crippen molar-refractivity contribution in [3.05, 3.63) is 11.6 Å². The lowest BCUT2D eigenvalue weighted by atomic mass is 9.44. The Labute approximate surface area is 141 Å². The highest BCUT2D eigenvalue weighted by molar-refractivity contribution is 5.38. The Balaban J connectivity index is 1.59. The molecular formula is C22H31N. The molecule has 7 unspecified atom stereocenters. The van der Waals surface area contributed by atoms with E-state index in [-0.39, 0.29) is 11.3 Å². The van der Waals surface area contributed by atoms with Gasteiger partial charge in [-0.15, -0.1) is 0 Å². The second kappa shape index (κ2) is 4.07. The molecule has 1 heteroatoms. The van der Waals surface area contributed by atoms with Crippen LogP contribution in [0.25, 0.3) is 0 Å². The van der Waals surface area contributed by atoms with Gasteiger partial charge in [0.1, 0.15) is 0 Å². The lowest BCUT2D eigenvalue weighted by molar-refractivity contribution is -0.0261. The Morgan fingerprint density at radius 2 is 1.78 bits per heavy atom. The average molecular weight is 309 g/mol. The molecule has 0 radical (unpaired) electrons. The van der Waals surface area contributed by atoms with E-state index in [0.717, 1.165) is 30.1 Å². The number of rotatable bonds is 0. The Morgan fingerprint density at radius 3 is 2.57 bits per heavy atom. The van der Waals surface area contributed by atoms with E-state index >= 15 is 0 Å². The second-order valence-electron chi connectivity index (χ2n) is 10.2. The molecule has 23 heavy (non-hydrogen) atoms. The number of fused-ring (bicyclic) bond motifs is 5. The summed E-state index contributed by atoms with van der Waals surface area (Å²) in [5.74, 6) is 2.16. The average Bonchev–Trinajstić information content (AvgIpc) is 2.84. The quantitative estimate of drug-likeness (QED) is 0.513. The van der Waals surface area contributed by atoms with Gasteiger partial charge in [0.25, 0.3) is 0 Å². The van der Waals surface area contributed by atoms with Crippen LogP contribution in [0.2, 0.25) is 0 Å². The number of nitriles is 1. The van der Waals surface area contributed by atoms with Crippen LogP contribution in [0.15, 0.2) is 11.6 Å². The van der Waals surface area contributed by atoms with Crippen LogP contribution in [0, 0.1) is 50.7 Å². The largest absolute Gasteiger partial charge is 0.198 e. The summed E-state index contributed by atoms with van der Waals surface area (Å²) in [6, 6.07) is 2.69. The summed E-state index contributed by atoms with van der Waals surface area (Å²) in [5, 5.41) is 9.74. The zero-order valence-electron chi connectivity index (χ0n) is 15.1. The van der Waals surface area contributed by atoms with Gasteiger partial charge in [0.15, 0.2) is 0 Å². The van der Waals surface area contributed by atoms with Gasteiger partial charge in [0.2, 0.25) is 0 Å². The SMILES string of the molecule is CC12CCC3C(C)(CCC45CCCC4C35C)C1=CCCC2C#N. The first kappa shape index (κ1) is 14.6. The number of allylic oxidation sites excluding steroid dienone is 2. The minimum absolute atomic E-state index is 0.170. The standard InChI is InChI=1S/C22H31N/c1-19-11-9-17-20(2,16(19)7-4-6-15(19)14-23)12-13-22-10-5-8-18(22)21(17,22)3/h7,15,17-18H,4-6,8-13H2,1-3H3. The Hall–Kier alpha value is -0.770. The van der Waals surface area contributed by atoms with Crippen molar-refractivity contribution in [3.8, 4) is 6.07 Å². The van der Waals surface area contributed by atoms with Gasteiger partial charge in [0, 0.05) is 5.41 Å². The van der Waals surface area contributed by atoms with Crippen molar-refractivity contribution in [2.75, 3.05) is 0 Å². The maximum absolute atomic E-state index is 9.74. The minimum Gasteiger partial charge on any atom is -0.198 e. The summed E-state index contributed by atoms with van der Waals surface area (Å²) in [6.45, 7) is 7.67. The van der Waals surface area contributed by atoms with E-state index in [0.29, 0.717) is 10.8 Å². The summed E-state index contributed by atoms with van der Waals surface area (Å²) in [6.07, 6.45) is 14.8. The van der Waals surface area contributed by atoms with Crippen LogP contribution >= 0.6 is 0 Å². The third-order valence-corrected chi connectivity index (χ3v) is 9.99. The van der Waals surface area contributed by atoms with Gasteiger partial charge in [-0.2, -0.15) is 5.26 Å². The third-order valence-electron chi connectivity index (χ3n) is 9.99. The molecule has 4 fully saturated rings. The maximum Gasteiger partial charge on any atom is 0.0665 e. The molecule has 124 valence electrons. The van der Waals surface area contributed by atoms with Crippen LogP contribution in [0.4, 0.5) is 0 Å². The summed E-state index contributed by atoms with van der Waals surface area (Å²) < 4.78 is 0. The first-order valence-corrected chi connectivity index (χ1v) is 10.0. The number of nitrogens with zero attached hydrogens (tertiary/aromatic N) is 1. The Kier molecular flexibility index (Phi) is 2.57. The fraction of sp³-hybridized carbons (Fsp3) is 0.864. The fourth-order valence-electron chi connectivity index (χ4n) is 8.94. The Bertz CT molecular complexity index is 641. The molecule has 5 aliphatic carbocycles. The molecular weight excluding hydrogens is 278 g/mol.